The van der Waals surface area contributed by atoms with Gasteiger partial charge < -0.3 is 5.32 Å². The highest BCUT2D eigenvalue weighted by Gasteiger charge is 2.40. The van der Waals surface area contributed by atoms with Gasteiger partial charge in [-0.2, -0.15) is 0 Å². The Morgan fingerprint density at radius 3 is 2.62 bits per heavy atom. The van der Waals surface area contributed by atoms with E-state index in [1.807, 2.05) is 0 Å². The second-order valence-electron chi connectivity index (χ2n) is 7.17. The van der Waals surface area contributed by atoms with Gasteiger partial charge in [0.2, 0.25) is 0 Å². The Balaban J connectivity index is 1.68. The molecule has 1 aliphatic carbocycles. The van der Waals surface area contributed by atoms with E-state index in [9.17, 15) is 0 Å². The molecular weight excluding hydrogens is 256 g/mol. The zero-order valence-corrected chi connectivity index (χ0v) is 13.6. The molecule has 1 N–H and O–H groups in total. The molecule has 2 aliphatic rings. The molecule has 2 nitrogen and oxygen atoms in total. The second kappa shape index (κ2) is 6.50. The van der Waals surface area contributed by atoms with Crippen molar-refractivity contribution in [3.05, 3.63) is 35.9 Å². The Kier molecular flexibility index (Phi) is 4.66. The van der Waals surface area contributed by atoms with Crippen LogP contribution in [0.25, 0.3) is 0 Å². The van der Waals surface area contributed by atoms with Gasteiger partial charge in [-0.05, 0) is 30.7 Å². The average Bonchev–Trinajstić information content (AvgIpc) is 2.96. The second-order valence-corrected chi connectivity index (χ2v) is 7.17. The first-order valence-corrected chi connectivity index (χ1v) is 8.76. The van der Waals surface area contributed by atoms with E-state index in [1.54, 1.807) is 0 Å². The molecule has 0 amide bonds. The van der Waals surface area contributed by atoms with Crippen molar-refractivity contribution < 1.29 is 0 Å². The number of hydrogen-bond acceptors (Lipinski definition) is 2. The highest BCUT2D eigenvalue weighted by Crippen LogP contribution is 2.34. The topological polar surface area (TPSA) is 15.3 Å². The van der Waals surface area contributed by atoms with E-state index < -0.39 is 0 Å². The first-order chi connectivity index (χ1) is 10.2. The van der Waals surface area contributed by atoms with Crippen molar-refractivity contribution in [1.82, 2.24) is 10.2 Å². The molecule has 21 heavy (non-hydrogen) atoms. The lowest BCUT2D eigenvalue weighted by Crippen LogP contribution is -2.63. The normalized spacial score (nSPS) is 27.0. The molecular formula is C19H30N2. The smallest absolute Gasteiger partial charge is 0.0309 e. The summed E-state index contributed by atoms with van der Waals surface area (Å²) >= 11 is 0. The standard InChI is InChI=1S/C19H30N2/c1-3-18-13-20-19(11-7-8-12-19)15-21(18)14-16(2)17-9-5-4-6-10-17/h4-6,9-10,16,18,20H,3,7-8,11-15H2,1-2H3. The first kappa shape index (κ1) is 15.1. The zero-order chi connectivity index (χ0) is 14.7. The summed E-state index contributed by atoms with van der Waals surface area (Å²) < 4.78 is 0. The average molecular weight is 286 g/mol. The molecule has 1 heterocycles. The van der Waals surface area contributed by atoms with Gasteiger partial charge in [-0.1, -0.05) is 57.0 Å². The summed E-state index contributed by atoms with van der Waals surface area (Å²) in [6.45, 7) is 8.34. The van der Waals surface area contributed by atoms with Crippen molar-refractivity contribution in [1.29, 1.82) is 0 Å². The summed E-state index contributed by atoms with van der Waals surface area (Å²) in [6, 6.07) is 11.7. The predicted octanol–water partition coefficient (Wildman–Crippen LogP) is 3.79. The number of rotatable bonds is 4. The van der Waals surface area contributed by atoms with Gasteiger partial charge in [0, 0.05) is 31.2 Å². The van der Waals surface area contributed by atoms with Gasteiger partial charge in [0.15, 0.2) is 0 Å². The lowest BCUT2D eigenvalue weighted by molar-refractivity contribution is 0.0740. The van der Waals surface area contributed by atoms with Crippen LogP contribution < -0.4 is 5.32 Å². The third-order valence-electron chi connectivity index (χ3n) is 5.64. The highest BCUT2D eigenvalue weighted by molar-refractivity contribution is 5.19. The molecule has 0 bridgehead atoms. The molecule has 1 aromatic rings. The fourth-order valence-electron chi connectivity index (χ4n) is 4.28. The monoisotopic (exact) mass is 286 g/mol. The van der Waals surface area contributed by atoms with Crippen LogP contribution in [0.4, 0.5) is 0 Å². The van der Waals surface area contributed by atoms with E-state index in [2.05, 4.69) is 54.4 Å². The van der Waals surface area contributed by atoms with Crippen LogP contribution in [-0.2, 0) is 0 Å². The maximum absolute atomic E-state index is 3.90. The summed E-state index contributed by atoms with van der Waals surface area (Å²) in [6.07, 6.45) is 6.82. The molecule has 0 radical (unpaired) electrons. The number of piperazine rings is 1. The van der Waals surface area contributed by atoms with Crippen LogP contribution in [-0.4, -0.2) is 36.1 Å². The molecule has 2 heteroatoms. The van der Waals surface area contributed by atoms with E-state index in [0.29, 0.717) is 17.5 Å². The quantitative estimate of drug-likeness (QED) is 0.906. The van der Waals surface area contributed by atoms with Crippen LogP contribution in [0, 0.1) is 0 Å². The number of benzene rings is 1. The van der Waals surface area contributed by atoms with E-state index in [4.69, 9.17) is 0 Å². The maximum atomic E-state index is 3.90. The maximum Gasteiger partial charge on any atom is 0.0309 e. The number of hydrogen-bond donors (Lipinski definition) is 1. The van der Waals surface area contributed by atoms with E-state index in [1.165, 1.54) is 57.3 Å². The minimum Gasteiger partial charge on any atom is -0.308 e. The van der Waals surface area contributed by atoms with Gasteiger partial charge in [-0.3, -0.25) is 4.90 Å². The molecule has 1 spiro atoms. The predicted molar refractivity (Wildman–Crippen MR) is 89.7 cm³/mol. The van der Waals surface area contributed by atoms with Crippen LogP contribution in [0.15, 0.2) is 30.3 Å². The summed E-state index contributed by atoms with van der Waals surface area (Å²) in [4.78, 5) is 2.78. The van der Waals surface area contributed by atoms with Gasteiger partial charge in [0.05, 0.1) is 0 Å². The van der Waals surface area contributed by atoms with Gasteiger partial charge in [0.25, 0.3) is 0 Å². The first-order valence-electron chi connectivity index (χ1n) is 8.76. The zero-order valence-electron chi connectivity index (χ0n) is 13.6. The van der Waals surface area contributed by atoms with Crippen molar-refractivity contribution in [3.8, 4) is 0 Å². The van der Waals surface area contributed by atoms with Crippen LogP contribution in [0.5, 0.6) is 0 Å². The summed E-state index contributed by atoms with van der Waals surface area (Å²) in [5.74, 6) is 0.622. The fraction of sp³-hybridized carbons (Fsp3) is 0.684. The molecule has 1 saturated carbocycles. The van der Waals surface area contributed by atoms with Crippen LogP contribution >= 0.6 is 0 Å². The Labute approximate surface area is 129 Å². The van der Waals surface area contributed by atoms with E-state index in [-0.39, 0.29) is 0 Å². The van der Waals surface area contributed by atoms with Gasteiger partial charge in [-0.15, -0.1) is 0 Å². The van der Waals surface area contributed by atoms with Crippen molar-refractivity contribution in [2.24, 2.45) is 0 Å². The third-order valence-corrected chi connectivity index (χ3v) is 5.64. The SMILES string of the molecule is CCC1CNC2(CCCC2)CN1CC(C)c1ccccc1. The van der Waals surface area contributed by atoms with Gasteiger partial charge in [-0.25, -0.2) is 0 Å². The van der Waals surface area contributed by atoms with E-state index >= 15 is 0 Å². The summed E-state index contributed by atoms with van der Waals surface area (Å²) in [5.41, 5.74) is 1.91. The van der Waals surface area contributed by atoms with Crippen molar-refractivity contribution in [3.63, 3.8) is 0 Å². The van der Waals surface area contributed by atoms with Crippen molar-refractivity contribution in [2.45, 2.75) is 63.5 Å². The number of nitrogens with one attached hydrogen (secondary N) is 1. The Morgan fingerprint density at radius 1 is 1.24 bits per heavy atom. The molecule has 2 atom stereocenters. The third kappa shape index (κ3) is 3.32. The largest absolute Gasteiger partial charge is 0.308 e. The van der Waals surface area contributed by atoms with Crippen LogP contribution in [0.2, 0.25) is 0 Å². The minimum absolute atomic E-state index is 0.433. The molecule has 2 unspecified atom stereocenters. The van der Waals surface area contributed by atoms with Crippen molar-refractivity contribution >= 4 is 0 Å². The lowest BCUT2D eigenvalue weighted by Gasteiger charge is -2.47. The van der Waals surface area contributed by atoms with Gasteiger partial charge in [0.1, 0.15) is 0 Å². The van der Waals surface area contributed by atoms with Crippen LogP contribution in [0.3, 0.4) is 0 Å². The molecule has 1 saturated heterocycles. The molecule has 2 fully saturated rings. The van der Waals surface area contributed by atoms with E-state index in [0.717, 1.165) is 0 Å². The fourth-order valence-corrected chi connectivity index (χ4v) is 4.28. The molecule has 116 valence electrons. The Bertz CT molecular complexity index is 436. The summed E-state index contributed by atoms with van der Waals surface area (Å²) in [5, 5.41) is 3.90. The van der Waals surface area contributed by atoms with Crippen LogP contribution in [0.1, 0.15) is 57.4 Å². The summed E-state index contributed by atoms with van der Waals surface area (Å²) in [7, 11) is 0. The molecule has 3 rings (SSSR count). The molecule has 0 aromatic heterocycles. The Hall–Kier alpha value is -0.860. The Morgan fingerprint density at radius 2 is 1.95 bits per heavy atom. The minimum atomic E-state index is 0.433. The van der Waals surface area contributed by atoms with Gasteiger partial charge >= 0.3 is 0 Å². The molecule has 1 aliphatic heterocycles. The highest BCUT2D eigenvalue weighted by atomic mass is 15.3. The number of nitrogens with zero attached hydrogens (tertiary/aromatic N) is 1. The molecule has 1 aromatic carbocycles. The van der Waals surface area contributed by atoms with Crippen molar-refractivity contribution in [2.75, 3.05) is 19.6 Å². The lowest BCUT2D eigenvalue weighted by atomic mass is 9.90.